The molecule has 0 bridgehead atoms. The number of anilines is 1. The summed E-state index contributed by atoms with van der Waals surface area (Å²) in [4.78, 5) is 0.225. The lowest BCUT2D eigenvalue weighted by atomic mass is 10.0. The number of rotatable bonds is 5. The van der Waals surface area contributed by atoms with Crippen LogP contribution in [0.15, 0.2) is 99.8 Å². The highest BCUT2D eigenvalue weighted by Gasteiger charge is 2.34. The van der Waals surface area contributed by atoms with E-state index in [1.807, 2.05) is 79.7 Å². The van der Waals surface area contributed by atoms with Gasteiger partial charge in [0.25, 0.3) is 10.0 Å². The minimum Gasteiger partial charge on any atom is -0.456 e. The number of hydrogen-bond acceptors (Lipinski definition) is 4. The summed E-state index contributed by atoms with van der Waals surface area (Å²) in [6, 6.07) is 24.3. The normalized spacial score (nSPS) is 17.5. The van der Waals surface area contributed by atoms with Crippen molar-refractivity contribution in [1.82, 2.24) is 0 Å². The second-order valence-electron chi connectivity index (χ2n) is 9.71. The van der Waals surface area contributed by atoms with E-state index in [4.69, 9.17) is 9.15 Å². The number of para-hydroxylation sites is 1. The lowest BCUT2D eigenvalue weighted by molar-refractivity contribution is 0.0693. The zero-order chi connectivity index (χ0) is 27.2. The summed E-state index contributed by atoms with van der Waals surface area (Å²) in [6.45, 7) is 4.64. The number of aryl methyl sites for hydroxylation is 1. The third-order valence-electron chi connectivity index (χ3n) is 6.86. The van der Waals surface area contributed by atoms with Gasteiger partial charge in [-0.15, -0.1) is 0 Å². The minimum atomic E-state index is -3.95. The summed E-state index contributed by atoms with van der Waals surface area (Å²) in [5.41, 5.74) is 3.87. The number of furan rings is 1. The van der Waals surface area contributed by atoms with Gasteiger partial charge in [-0.3, -0.25) is 4.31 Å². The first-order valence-electron chi connectivity index (χ1n) is 13.4. The van der Waals surface area contributed by atoms with Crippen LogP contribution < -0.4 is 4.31 Å². The molecule has 5 rings (SSSR count). The largest absolute Gasteiger partial charge is 0.456 e. The fourth-order valence-electron chi connectivity index (χ4n) is 4.72. The van der Waals surface area contributed by atoms with Crippen LogP contribution in [0, 0.1) is 18.8 Å². The summed E-state index contributed by atoms with van der Waals surface area (Å²) in [7, 11) is -3.95. The minimum absolute atomic E-state index is 0.131. The molecule has 4 aromatic rings. The average molecular weight is 540 g/mol. The molecule has 0 aliphatic carbocycles. The van der Waals surface area contributed by atoms with Crippen molar-refractivity contribution >= 4 is 26.7 Å². The molecular formula is C33H33NO4S. The van der Waals surface area contributed by atoms with E-state index in [0.29, 0.717) is 30.1 Å². The Bertz CT molecular complexity index is 1620. The summed E-state index contributed by atoms with van der Waals surface area (Å²) < 4.78 is 42.9. The van der Waals surface area contributed by atoms with Crippen molar-refractivity contribution in [2.24, 2.45) is 0 Å². The van der Waals surface area contributed by atoms with E-state index in [-0.39, 0.29) is 11.4 Å². The van der Waals surface area contributed by atoms with Gasteiger partial charge in [-0.05, 0) is 43.2 Å². The van der Waals surface area contributed by atoms with Gasteiger partial charge in [-0.1, -0.05) is 91.4 Å². The summed E-state index contributed by atoms with van der Waals surface area (Å²) >= 11 is 0. The molecule has 39 heavy (non-hydrogen) atoms. The highest BCUT2D eigenvalue weighted by atomic mass is 32.2. The summed E-state index contributed by atoms with van der Waals surface area (Å²) in [5, 5.41) is 0.720. The number of hydrogen-bond donors (Lipinski definition) is 0. The van der Waals surface area contributed by atoms with Crippen molar-refractivity contribution in [1.29, 1.82) is 0 Å². The van der Waals surface area contributed by atoms with Gasteiger partial charge in [0.15, 0.2) is 5.76 Å². The van der Waals surface area contributed by atoms with Gasteiger partial charge in [-0.25, -0.2) is 8.42 Å². The molecule has 1 aliphatic heterocycles. The molecule has 1 aliphatic rings. The molecule has 1 atom stereocenters. The van der Waals surface area contributed by atoms with Gasteiger partial charge < -0.3 is 9.15 Å². The smallest absolute Gasteiger partial charge is 0.264 e. The lowest BCUT2D eigenvalue weighted by Crippen LogP contribution is -2.33. The van der Waals surface area contributed by atoms with Crippen LogP contribution in [0.4, 0.5) is 5.69 Å². The molecule has 0 fully saturated rings. The van der Waals surface area contributed by atoms with E-state index in [1.165, 1.54) is 4.31 Å². The van der Waals surface area contributed by atoms with Gasteiger partial charge >= 0.3 is 0 Å². The van der Waals surface area contributed by atoms with Gasteiger partial charge in [0.05, 0.1) is 18.0 Å². The Labute approximate surface area is 231 Å². The quantitative estimate of drug-likeness (QED) is 0.194. The molecule has 6 heteroatoms. The first kappa shape index (κ1) is 26.8. The predicted octanol–water partition coefficient (Wildman–Crippen LogP) is 7.57. The van der Waals surface area contributed by atoms with E-state index in [9.17, 15) is 8.42 Å². The van der Waals surface area contributed by atoms with Gasteiger partial charge in [0.1, 0.15) is 17.4 Å². The molecule has 0 unspecified atom stereocenters. The summed E-state index contributed by atoms with van der Waals surface area (Å²) in [6.07, 6.45) is 4.83. The standard InChI is InChI=1S/C33H33NO4S/c1-3-4-5-7-12-26-21-23-34(39(35,36)28-19-17-25(2)18-20-28)31-29-15-10-11-16-30(29)38-33(31)32(37-24-22-26)27-13-8-6-9-14-27/h6,8-11,13-21,32H,3-5,22-24H2,1-2H3/b26-21-/t32-/m1/s1. The average Bonchev–Trinajstić information content (AvgIpc) is 3.32. The number of benzene rings is 3. The van der Waals surface area contributed by atoms with Crippen LogP contribution in [0.2, 0.25) is 0 Å². The van der Waals surface area contributed by atoms with E-state index in [2.05, 4.69) is 18.8 Å². The third kappa shape index (κ3) is 5.80. The Hall–Kier alpha value is -3.79. The Kier molecular flexibility index (Phi) is 8.21. The fraction of sp³-hybridized carbons (Fsp3) is 0.273. The van der Waals surface area contributed by atoms with Crippen LogP contribution in [0.1, 0.15) is 55.6 Å². The van der Waals surface area contributed by atoms with Crippen molar-refractivity contribution in [2.45, 2.75) is 50.5 Å². The Morgan fingerprint density at radius 1 is 0.974 bits per heavy atom. The number of nitrogens with zero attached hydrogens (tertiary/aromatic N) is 1. The van der Waals surface area contributed by atoms with E-state index >= 15 is 0 Å². The molecule has 0 amide bonds. The van der Waals surface area contributed by atoms with Crippen LogP contribution >= 0.6 is 0 Å². The molecule has 2 heterocycles. The first-order valence-corrected chi connectivity index (χ1v) is 14.9. The molecule has 0 N–H and O–H groups in total. The monoisotopic (exact) mass is 539 g/mol. The third-order valence-corrected chi connectivity index (χ3v) is 8.64. The predicted molar refractivity (Wildman–Crippen MR) is 156 cm³/mol. The highest BCUT2D eigenvalue weighted by Crippen LogP contribution is 2.43. The molecule has 0 saturated carbocycles. The van der Waals surface area contributed by atoms with Gasteiger partial charge in [0, 0.05) is 23.8 Å². The second-order valence-corrected chi connectivity index (χ2v) is 11.6. The van der Waals surface area contributed by atoms with Crippen molar-refractivity contribution in [3.8, 4) is 11.8 Å². The molecule has 200 valence electrons. The second kappa shape index (κ2) is 11.9. The first-order chi connectivity index (χ1) is 19.0. The van der Waals surface area contributed by atoms with Crippen molar-refractivity contribution in [3.63, 3.8) is 0 Å². The van der Waals surface area contributed by atoms with Crippen LogP contribution in [0.25, 0.3) is 11.0 Å². The van der Waals surface area contributed by atoms with Crippen LogP contribution in [-0.4, -0.2) is 21.6 Å². The molecular weight excluding hydrogens is 506 g/mol. The lowest BCUT2D eigenvalue weighted by Gasteiger charge is -2.27. The maximum Gasteiger partial charge on any atom is 0.264 e. The zero-order valence-corrected chi connectivity index (χ0v) is 23.2. The maximum absolute atomic E-state index is 14.3. The molecule has 0 saturated heterocycles. The molecule has 1 aromatic heterocycles. The van der Waals surface area contributed by atoms with Crippen LogP contribution in [0.5, 0.6) is 0 Å². The fourth-order valence-corrected chi connectivity index (χ4v) is 6.15. The number of fused-ring (bicyclic) bond motifs is 3. The molecule has 5 nitrogen and oxygen atoms in total. The molecule has 0 spiro atoms. The van der Waals surface area contributed by atoms with Crippen LogP contribution in [-0.2, 0) is 14.8 Å². The van der Waals surface area contributed by atoms with Gasteiger partial charge in [-0.2, -0.15) is 0 Å². The van der Waals surface area contributed by atoms with Crippen molar-refractivity contribution in [3.05, 3.63) is 107 Å². The number of unbranched alkanes of at least 4 members (excludes halogenated alkanes) is 2. The highest BCUT2D eigenvalue weighted by molar-refractivity contribution is 7.92. The van der Waals surface area contributed by atoms with E-state index in [0.717, 1.165) is 41.3 Å². The Morgan fingerprint density at radius 2 is 1.72 bits per heavy atom. The molecule has 0 radical (unpaired) electrons. The SMILES string of the molecule is CCCCC#C/C1=C/CN(S(=O)(=O)c2ccc(C)cc2)c2c(oc3ccccc23)[C@@H](c2ccccc2)OCC1. The van der Waals surface area contributed by atoms with Gasteiger partial charge in [0.2, 0.25) is 0 Å². The number of sulfonamides is 1. The van der Waals surface area contributed by atoms with E-state index in [1.54, 1.807) is 12.1 Å². The topological polar surface area (TPSA) is 59.8 Å². The maximum atomic E-state index is 14.3. The van der Waals surface area contributed by atoms with Crippen molar-refractivity contribution in [2.75, 3.05) is 17.5 Å². The Balaban J connectivity index is 1.72. The van der Waals surface area contributed by atoms with Crippen LogP contribution in [0.3, 0.4) is 0 Å². The number of ether oxygens (including phenoxy) is 1. The Morgan fingerprint density at radius 3 is 2.49 bits per heavy atom. The zero-order valence-electron chi connectivity index (χ0n) is 22.4. The van der Waals surface area contributed by atoms with E-state index < -0.39 is 16.1 Å². The van der Waals surface area contributed by atoms with Crippen molar-refractivity contribution < 1.29 is 17.6 Å². The summed E-state index contributed by atoms with van der Waals surface area (Å²) in [5.74, 6) is 7.02. The molecule has 3 aromatic carbocycles.